The van der Waals surface area contributed by atoms with Crippen molar-refractivity contribution in [2.75, 3.05) is 11.6 Å². The lowest BCUT2D eigenvalue weighted by atomic mass is 10.1. The summed E-state index contributed by atoms with van der Waals surface area (Å²) in [6.45, 7) is 2.68. The third-order valence-corrected chi connectivity index (χ3v) is 3.77. The molecule has 0 aliphatic rings. The van der Waals surface area contributed by atoms with E-state index in [0.29, 0.717) is 0 Å². The van der Waals surface area contributed by atoms with Gasteiger partial charge < -0.3 is 5.32 Å². The summed E-state index contributed by atoms with van der Waals surface area (Å²) in [5.41, 5.74) is 3.84. The van der Waals surface area contributed by atoms with Gasteiger partial charge in [-0.25, -0.2) is 0 Å². The van der Waals surface area contributed by atoms with Crippen molar-refractivity contribution in [3.63, 3.8) is 0 Å². The number of anilines is 1. The van der Waals surface area contributed by atoms with Crippen molar-refractivity contribution >= 4 is 17.4 Å². The number of nitrogens with zero attached hydrogens (tertiary/aromatic N) is 1. The van der Waals surface area contributed by atoms with Gasteiger partial charge in [0.15, 0.2) is 0 Å². The van der Waals surface area contributed by atoms with Crippen LogP contribution in [-0.4, -0.2) is 6.26 Å². The zero-order valence-electron chi connectivity index (χ0n) is 11.1. The van der Waals surface area contributed by atoms with Crippen LogP contribution in [0, 0.1) is 18.3 Å². The minimum atomic E-state index is 0.725. The number of aryl methyl sites for hydroxylation is 1. The van der Waals surface area contributed by atoms with Crippen LogP contribution in [0.25, 0.3) is 0 Å². The quantitative estimate of drug-likeness (QED) is 0.844. The van der Waals surface area contributed by atoms with Crippen LogP contribution in [0.1, 0.15) is 16.7 Å². The first-order valence-corrected chi connectivity index (χ1v) is 7.33. The van der Waals surface area contributed by atoms with Gasteiger partial charge in [-0.3, -0.25) is 0 Å². The number of rotatable bonds is 4. The Balaban J connectivity index is 2.10. The zero-order chi connectivity index (χ0) is 13.7. The molecular formula is C16H16N2S. The Kier molecular flexibility index (Phi) is 4.48. The first-order chi connectivity index (χ1) is 9.24. The highest BCUT2D eigenvalue weighted by Gasteiger charge is 2.04. The summed E-state index contributed by atoms with van der Waals surface area (Å²) >= 11 is 1.74. The summed E-state index contributed by atoms with van der Waals surface area (Å²) in [7, 11) is 0. The zero-order valence-corrected chi connectivity index (χ0v) is 11.9. The second kappa shape index (κ2) is 6.31. The third kappa shape index (κ3) is 3.30. The van der Waals surface area contributed by atoms with E-state index in [1.165, 1.54) is 10.5 Å². The summed E-state index contributed by atoms with van der Waals surface area (Å²) in [6.07, 6.45) is 2.07. The highest BCUT2D eigenvalue weighted by molar-refractivity contribution is 7.98. The Hall–Kier alpha value is -1.92. The van der Waals surface area contributed by atoms with Gasteiger partial charge in [-0.1, -0.05) is 24.3 Å². The van der Waals surface area contributed by atoms with E-state index >= 15 is 0 Å². The maximum absolute atomic E-state index is 9.17. The number of nitrogens with one attached hydrogen (secondary N) is 1. The van der Waals surface area contributed by atoms with Crippen LogP contribution in [0.15, 0.2) is 47.4 Å². The largest absolute Gasteiger partial charge is 0.380 e. The van der Waals surface area contributed by atoms with Crippen molar-refractivity contribution in [2.45, 2.75) is 18.4 Å². The molecule has 2 nitrogen and oxygen atoms in total. The Morgan fingerprint density at radius 3 is 2.53 bits per heavy atom. The molecule has 0 atom stereocenters. The van der Waals surface area contributed by atoms with E-state index in [4.69, 9.17) is 0 Å². The fraction of sp³-hybridized carbons (Fsp3) is 0.188. The van der Waals surface area contributed by atoms with E-state index in [2.05, 4.69) is 41.9 Å². The second-order valence-electron chi connectivity index (χ2n) is 4.31. The van der Waals surface area contributed by atoms with Gasteiger partial charge in [0.05, 0.1) is 11.3 Å². The van der Waals surface area contributed by atoms with Crippen LogP contribution in [0.2, 0.25) is 0 Å². The fourth-order valence-electron chi connectivity index (χ4n) is 1.90. The molecule has 0 unspecified atom stereocenters. The standard InChI is InChI=1S/C16H16N2S/c1-12-4-3-5-16(15(12)10-17)18-11-13-6-8-14(19-2)9-7-13/h3-9,18H,11H2,1-2H3. The topological polar surface area (TPSA) is 35.8 Å². The van der Waals surface area contributed by atoms with Gasteiger partial charge in [0.25, 0.3) is 0 Å². The van der Waals surface area contributed by atoms with Crippen LogP contribution in [0.4, 0.5) is 5.69 Å². The van der Waals surface area contributed by atoms with Crippen LogP contribution in [0.3, 0.4) is 0 Å². The highest BCUT2D eigenvalue weighted by atomic mass is 32.2. The fourth-order valence-corrected chi connectivity index (χ4v) is 2.31. The summed E-state index contributed by atoms with van der Waals surface area (Å²) in [5.74, 6) is 0. The number of nitriles is 1. The van der Waals surface area contributed by atoms with E-state index in [1.807, 2.05) is 25.1 Å². The molecule has 96 valence electrons. The molecule has 2 aromatic rings. The third-order valence-electron chi connectivity index (χ3n) is 3.03. The first-order valence-electron chi connectivity index (χ1n) is 6.11. The van der Waals surface area contributed by atoms with Crippen LogP contribution in [-0.2, 0) is 6.54 Å². The van der Waals surface area contributed by atoms with Crippen molar-refractivity contribution in [1.29, 1.82) is 5.26 Å². The van der Waals surface area contributed by atoms with Crippen LogP contribution in [0.5, 0.6) is 0 Å². The van der Waals surface area contributed by atoms with E-state index in [9.17, 15) is 5.26 Å². The number of hydrogen-bond acceptors (Lipinski definition) is 3. The van der Waals surface area contributed by atoms with Crippen molar-refractivity contribution < 1.29 is 0 Å². The molecule has 1 N–H and O–H groups in total. The lowest BCUT2D eigenvalue weighted by Gasteiger charge is -2.10. The molecule has 0 spiro atoms. The van der Waals surface area contributed by atoms with Gasteiger partial charge in [-0.05, 0) is 42.5 Å². The van der Waals surface area contributed by atoms with E-state index in [0.717, 1.165) is 23.4 Å². The number of thioether (sulfide) groups is 1. The van der Waals surface area contributed by atoms with Gasteiger partial charge in [0, 0.05) is 11.4 Å². The Morgan fingerprint density at radius 2 is 1.89 bits per heavy atom. The average molecular weight is 268 g/mol. The lowest BCUT2D eigenvalue weighted by Crippen LogP contribution is -2.02. The van der Waals surface area contributed by atoms with Gasteiger partial charge in [0.1, 0.15) is 6.07 Å². The van der Waals surface area contributed by atoms with Crippen molar-refractivity contribution in [3.05, 3.63) is 59.2 Å². The molecule has 2 rings (SSSR count). The lowest BCUT2D eigenvalue weighted by molar-refractivity contribution is 1.13. The molecule has 0 aliphatic heterocycles. The first kappa shape index (κ1) is 13.5. The predicted octanol–water partition coefficient (Wildman–Crippen LogP) is 4.20. The molecule has 0 aromatic heterocycles. The summed E-state index contributed by atoms with van der Waals surface area (Å²) < 4.78 is 0. The Bertz CT molecular complexity index is 597. The van der Waals surface area contributed by atoms with Gasteiger partial charge in [-0.2, -0.15) is 5.26 Å². The molecule has 0 aliphatic carbocycles. The summed E-state index contributed by atoms with van der Waals surface area (Å²) in [4.78, 5) is 1.26. The molecule has 0 radical (unpaired) electrons. The highest BCUT2D eigenvalue weighted by Crippen LogP contribution is 2.20. The smallest absolute Gasteiger partial charge is 0.102 e. The Morgan fingerprint density at radius 1 is 1.16 bits per heavy atom. The summed E-state index contributed by atoms with van der Waals surface area (Å²) in [5, 5.41) is 12.5. The second-order valence-corrected chi connectivity index (χ2v) is 5.19. The van der Waals surface area contributed by atoms with Crippen molar-refractivity contribution in [3.8, 4) is 6.07 Å². The minimum absolute atomic E-state index is 0.725. The molecule has 2 aromatic carbocycles. The molecule has 0 fully saturated rings. The predicted molar refractivity (Wildman–Crippen MR) is 81.4 cm³/mol. The number of hydrogen-bond donors (Lipinski definition) is 1. The molecule has 0 bridgehead atoms. The van der Waals surface area contributed by atoms with Gasteiger partial charge in [-0.15, -0.1) is 11.8 Å². The molecule has 3 heteroatoms. The van der Waals surface area contributed by atoms with E-state index in [-0.39, 0.29) is 0 Å². The molecule has 0 amide bonds. The average Bonchev–Trinajstić information content (AvgIpc) is 2.45. The maximum atomic E-state index is 9.17. The summed E-state index contributed by atoms with van der Waals surface area (Å²) in [6, 6.07) is 16.6. The van der Waals surface area contributed by atoms with Crippen molar-refractivity contribution in [1.82, 2.24) is 0 Å². The maximum Gasteiger partial charge on any atom is 0.102 e. The molecule has 0 saturated carbocycles. The molecule has 0 saturated heterocycles. The Labute approximate surface area is 118 Å². The SMILES string of the molecule is CSc1ccc(CNc2cccc(C)c2C#N)cc1. The number of benzene rings is 2. The van der Waals surface area contributed by atoms with Crippen LogP contribution >= 0.6 is 11.8 Å². The molecule has 19 heavy (non-hydrogen) atoms. The van der Waals surface area contributed by atoms with E-state index in [1.54, 1.807) is 11.8 Å². The normalized spacial score (nSPS) is 9.95. The molecular weight excluding hydrogens is 252 g/mol. The van der Waals surface area contributed by atoms with E-state index < -0.39 is 0 Å². The molecule has 0 heterocycles. The van der Waals surface area contributed by atoms with Crippen LogP contribution < -0.4 is 5.32 Å². The van der Waals surface area contributed by atoms with Gasteiger partial charge >= 0.3 is 0 Å². The minimum Gasteiger partial charge on any atom is -0.380 e. The monoisotopic (exact) mass is 268 g/mol. The van der Waals surface area contributed by atoms with Gasteiger partial charge in [0.2, 0.25) is 0 Å². The van der Waals surface area contributed by atoms with Crippen molar-refractivity contribution in [2.24, 2.45) is 0 Å².